The fraction of sp³-hybridized carbons (Fsp3) is 0.409. The first kappa shape index (κ1) is 20.8. The number of piperidine rings is 1. The van der Waals surface area contributed by atoms with Gasteiger partial charge in [0.25, 0.3) is 0 Å². The smallest absolute Gasteiger partial charge is 0.230 e. The maximum absolute atomic E-state index is 13.0. The summed E-state index contributed by atoms with van der Waals surface area (Å²) in [5.41, 5.74) is 0.870. The Morgan fingerprint density at radius 2 is 1.97 bits per heavy atom. The lowest BCUT2D eigenvalue weighted by atomic mass is 9.97. The van der Waals surface area contributed by atoms with Crippen LogP contribution in [0.2, 0.25) is 0 Å². The third-order valence-electron chi connectivity index (χ3n) is 5.78. The number of nitrogens with one attached hydrogen (secondary N) is 1. The molecule has 0 aromatic carbocycles. The van der Waals surface area contributed by atoms with E-state index in [2.05, 4.69) is 35.3 Å². The molecule has 1 amide bonds. The largest absolute Gasteiger partial charge is 0.378 e. The minimum Gasteiger partial charge on any atom is -0.378 e. The standard InChI is InChI=1S/C22H25N7O2S/c30-22(25-19-13-21(24-15-23-19)28-8-10-31-11-9-28)16-3-1-7-29(14-16)20-6-5-17(26-27-20)18-4-2-12-32-18/h2,4-6,12-13,15-16H,1,3,7-11,14H2,(H,23,24,25,30). The van der Waals surface area contributed by atoms with Gasteiger partial charge in [-0.3, -0.25) is 4.79 Å². The molecule has 0 spiro atoms. The molecule has 3 aromatic heterocycles. The van der Waals surface area contributed by atoms with Crippen molar-refractivity contribution in [2.75, 3.05) is 54.5 Å². The van der Waals surface area contributed by atoms with Gasteiger partial charge in [-0.05, 0) is 36.4 Å². The third kappa shape index (κ3) is 4.71. The van der Waals surface area contributed by atoms with E-state index in [1.54, 1.807) is 11.3 Å². The average Bonchev–Trinajstić information content (AvgIpc) is 3.40. The first-order valence-electron chi connectivity index (χ1n) is 10.8. The number of carbonyl (C=O) groups is 1. The quantitative estimate of drug-likeness (QED) is 0.633. The molecule has 3 aromatic rings. The van der Waals surface area contributed by atoms with Gasteiger partial charge < -0.3 is 19.9 Å². The normalized spacial score (nSPS) is 19.1. The van der Waals surface area contributed by atoms with Crippen molar-refractivity contribution >= 4 is 34.7 Å². The van der Waals surface area contributed by atoms with Crippen LogP contribution in [-0.2, 0) is 9.53 Å². The highest BCUT2D eigenvalue weighted by Crippen LogP contribution is 2.26. The van der Waals surface area contributed by atoms with Crippen molar-refractivity contribution in [1.29, 1.82) is 0 Å². The number of amides is 1. The number of hydrogen-bond donors (Lipinski definition) is 1. The predicted octanol–water partition coefficient (Wildman–Crippen LogP) is 2.69. The van der Waals surface area contributed by atoms with Crippen molar-refractivity contribution in [2.24, 2.45) is 5.92 Å². The van der Waals surface area contributed by atoms with Gasteiger partial charge in [-0.15, -0.1) is 21.5 Å². The van der Waals surface area contributed by atoms with Crippen molar-refractivity contribution in [3.63, 3.8) is 0 Å². The molecule has 1 N–H and O–H groups in total. The molecular weight excluding hydrogens is 426 g/mol. The van der Waals surface area contributed by atoms with Crippen molar-refractivity contribution in [1.82, 2.24) is 20.2 Å². The molecule has 0 saturated carbocycles. The molecule has 5 rings (SSSR count). The summed E-state index contributed by atoms with van der Waals surface area (Å²) in [6.45, 7) is 4.41. The van der Waals surface area contributed by atoms with Crippen LogP contribution in [0.4, 0.5) is 17.5 Å². The number of ether oxygens (including phenoxy) is 1. The highest BCUT2D eigenvalue weighted by Gasteiger charge is 2.27. The Bertz CT molecular complexity index is 1040. The summed E-state index contributed by atoms with van der Waals surface area (Å²) < 4.78 is 5.40. The van der Waals surface area contributed by atoms with Gasteiger partial charge in [0, 0.05) is 32.2 Å². The maximum Gasteiger partial charge on any atom is 0.230 e. The van der Waals surface area contributed by atoms with Gasteiger partial charge in [0.05, 0.1) is 24.0 Å². The second-order valence-corrected chi connectivity index (χ2v) is 8.84. The van der Waals surface area contributed by atoms with Gasteiger partial charge in [0.15, 0.2) is 5.82 Å². The maximum atomic E-state index is 13.0. The number of morpholine rings is 1. The van der Waals surface area contributed by atoms with Gasteiger partial charge in [-0.2, -0.15) is 0 Å². The lowest BCUT2D eigenvalue weighted by molar-refractivity contribution is -0.120. The Labute approximate surface area is 190 Å². The first-order valence-corrected chi connectivity index (χ1v) is 11.7. The van der Waals surface area contributed by atoms with E-state index in [1.165, 1.54) is 6.33 Å². The Kier molecular flexibility index (Phi) is 6.22. The van der Waals surface area contributed by atoms with E-state index in [9.17, 15) is 4.79 Å². The second-order valence-electron chi connectivity index (χ2n) is 7.89. The van der Waals surface area contributed by atoms with E-state index >= 15 is 0 Å². The van der Waals surface area contributed by atoms with Crippen LogP contribution in [0.15, 0.2) is 42.0 Å². The van der Waals surface area contributed by atoms with Crippen LogP contribution in [0.3, 0.4) is 0 Å². The molecule has 32 heavy (non-hydrogen) atoms. The van der Waals surface area contributed by atoms with Gasteiger partial charge in [0.1, 0.15) is 23.7 Å². The van der Waals surface area contributed by atoms with Crippen molar-refractivity contribution in [2.45, 2.75) is 12.8 Å². The van der Waals surface area contributed by atoms with E-state index in [0.29, 0.717) is 25.6 Å². The lowest BCUT2D eigenvalue weighted by Gasteiger charge is -2.32. The van der Waals surface area contributed by atoms with Crippen LogP contribution >= 0.6 is 11.3 Å². The zero-order chi connectivity index (χ0) is 21.8. The molecule has 1 atom stereocenters. The van der Waals surface area contributed by atoms with Crippen LogP contribution in [0.5, 0.6) is 0 Å². The highest BCUT2D eigenvalue weighted by molar-refractivity contribution is 7.13. The molecule has 2 aliphatic heterocycles. The van der Waals surface area contributed by atoms with E-state index in [1.807, 2.05) is 35.7 Å². The summed E-state index contributed by atoms with van der Waals surface area (Å²) in [5.74, 6) is 1.99. The molecule has 0 radical (unpaired) electrons. The molecule has 0 bridgehead atoms. The fourth-order valence-electron chi connectivity index (χ4n) is 4.06. The number of thiophene rings is 1. The Morgan fingerprint density at radius 3 is 2.75 bits per heavy atom. The summed E-state index contributed by atoms with van der Waals surface area (Å²) in [5, 5.41) is 13.8. The second kappa shape index (κ2) is 9.58. The first-order chi connectivity index (χ1) is 15.8. The molecule has 5 heterocycles. The summed E-state index contributed by atoms with van der Waals surface area (Å²) in [6.07, 6.45) is 3.26. The number of aromatic nitrogens is 4. The average molecular weight is 452 g/mol. The number of nitrogens with zero attached hydrogens (tertiary/aromatic N) is 6. The summed E-state index contributed by atoms with van der Waals surface area (Å²) in [4.78, 5) is 26.9. The fourth-order valence-corrected chi connectivity index (χ4v) is 4.75. The van der Waals surface area contributed by atoms with Gasteiger partial charge in [-0.25, -0.2) is 9.97 Å². The van der Waals surface area contributed by atoms with Crippen LogP contribution in [0.25, 0.3) is 10.6 Å². The molecule has 1 unspecified atom stereocenters. The molecular formula is C22H25N7O2S. The number of rotatable bonds is 5. The monoisotopic (exact) mass is 451 g/mol. The van der Waals surface area contributed by atoms with E-state index in [4.69, 9.17) is 4.74 Å². The van der Waals surface area contributed by atoms with Crippen LogP contribution < -0.4 is 15.1 Å². The van der Waals surface area contributed by atoms with Crippen molar-refractivity contribution < 1.29 is 9.53 Å². The SMILES string of the molecule is O=C(Nc1cc(N2CCOCC2)ncn1)C1CCCN(c2ccc(-c3cccs3)nn2)C1. The number of carbonyl (C=O) groups excluding carboxylic acids is 1. The van der Waals surface area contributed by atoms with Gasteiger partial charge >= 0.3 is 0 Å². The van der Waals surface area contributed by atoms with Gasteiger partial charge in [-0.1, -0.05) is 6.07 Å². The molecule has 166 valence electrons. The Morgan fingerprint density at radius 1 is 1.06 bits per heavy atom. The minimum absolute atomic E-state index is 0.0236. The Hall–Kier alpha value is -3.11. The molecule has 2 saturated heterocycles. The number of anilines is 3. The van der Waals surface area contributed by atoms with E-state index in [0.717, 1.165) is 54.7 Å². The third-order valence-corrected chi connectivity index (χ3v) is 6.67. The topological polar surface area (TPSA) is 96.4 Å². The van der Waals surface area contributed by atoms with E-state index in [-0.39, 0.29) is 11.8 Å². The molecule has 2 fully saturated rings. The van der Waals surface area contributed by atoms with Gasteiger partial charge in [0.2, 0.25) is 5.91 Å². The lowest BCUT2D eigenvalue weighted by Crippen LogP contribution is -2.41. The zero-order valence-electron chi connectivity index (χ0n) is 17.7. The molecule has 9 nitrogen and oxygen atoms in total. The van der Waals surface area contributed by atoms with Crippen molar-refractivity contribution in [3.8, 4) is 10.6 Å². The summed E-state index contributed by atoms with van der Waals surface area (Å²) in [7, 11) is 0. The zero-order valence-corrected chi connectivity index (χ0v) is 18.5. The predicted molar refractivity (Wildman–Crippen MR) is 124 cm³/mol. The molecule has 10 heteroatoms. The van der Waals surface area contributed by atoms with Crippen LogP contribution in [0, 0.1) is 5.92 Å². The summed E-state index contributed by atoms with van der Waals surface area (Å²) >= 11 is 1.64. The minimum atomic E-state index is -0.135. The Balaban J connectivity index is 1.22. The van der Waals surface area contributed by atoms with Crippen LogP contribution in [-0.4, -0.2) is 65.5 Å². The van der Waals surface area contributed by atoms with Crippen LogP contribution in [0.1, 0.15) is 12.8 Å². The molecule has 2 aliphatic rings. The summed E-state index contributed by atoms with van der Waals surface area (Å²) in [6, 6.07) is 9.85. The molecule has 0 aliphatic carbocycles. The van der Waals surface area contributed by atoms with Crippen molar-refractivity contribution in [3.05, 3.63) is 42.0 Å². The highest BCUT2D eigenvalue weighted by atomic mass is 32.1. The number of hydrogen-bond acceptors (Lipinski definition) is 9. The van der Waals surface area contributed by atoms with E-state index < -0.39 is 0 Å².